The van der Waals surface area contributed by atoms with Gasteiger partial charge in [-0.2, -0.15) is 0 Å². The molecule has 0 saturated carbocycles. The van der Waals surface area contributed by atoms with E-state index in [0.29, 0.717) is 19.8 Å². The maximum absolute atomic E-state index is 11.8. The first kappa shape index (κ1) is 21.1. The summed E-state index contributed by atoms with van der Waals surface area (Å²) in [5.41, 5.74) is 1.08. The fourth-order valence-electron chi connectivity index (χ4n) is 4.16. The van der Waals surface area contributed by atoms with Crippen molar-refractivity contribution in [3.8, 4) is 0 Å². The molecule has 7 nitrogen and oxygen atoms in total. The average molecular weight is 415 g/mol. The minimum Gasteiger partial charge on any atom is -0.465 e. The van der Waals surface area contributed by atoms with E-state index in [4.69, 9.17) is 14.2 Å². The predicted molar refractivity (Wildman–Crippen MR) is 113 cm³/mol. The summed E-state index contributed by atoms with van der Waals surface area (Å²) in [6.45, 7) is 5.41. The number of hydrogen-bond donors (Lipinski definition) is 1. The van der Waals surface area contributed by atoms with E-state index < -0.39 is 12.3 Å². The van der Waals surface area contributed by atoms with Gasteiger partial charge in [-0.25, -0.2) is 4.79 Å². The highest BCUT2D eigenvalue weighted by Crippen LogP contribution is 2.24. The highest BCUT2D eigenvalue weighted by molar-refractivity contribution is 5.82. The Kier molecular flexibility index (Phi) is 7.17. The van der Waals surface area contributed by atoms with Crippen molar-refractivity contribution >= 4 is 16.9 Å². The Labute approximate surface area is 177 Å². The summed E-state index contributed by atoms with van der Waals surface area (Å²) >= 11 is 0. The van der Waals surface area contributed by atoms with Gasteiger partial charge in [-0.1, -0.05) is 36.4 Å². The Morgan fingerprint density at radius 2 is 1.87 bits per heavy atom. The van der Waals surface area contributed by atoms with Crippen LogP contribution in [0.2, 0.25) is 0 Å². The van der Waals surface area contributed by atoms with Gasteiger partial charge >= 0.3 is 6.09 Å². The second-order valence-corrected chi connectivity index (χ2v) is 7.86. The van der Waals surface area contributed by atoms with Crippen LogP contribution < -0.4 is 0 Å². The van der Waals surface area contributed by atoms with Gasteiger partial charge < -0.3 is 19.3 Å². The number of hydrogen-bond acceptors (Lipinski definition) is 5. The van der Waals surface area contributed by atoms with E-state index in [-0.39, 0.29) is 6.10 Å². The highest BCUT2D eigenvalue weighted by atomic mass is 16.6. The van der Waals surface area contributed by atoms with Gasteiger partial charge in [0.05, 0.1) is 26.4 Å². The van der Waals surface area contributed by atoms with E-state index >= 15 is 0 Å². The number of rotatable bonds is 7. The summed E-state index contributed by atoms with van der Waals surface area (Å²) < 4.78 is 17.6. The van der Waals surface area contributed by atoms with Crippen LogP contribution in [0.15, 0.2) is 42.5 Å². The van der Waals surface area contributed by atoms with Crippen molar-refractivity contribution in [1.29, 1.82) is 0 Å². The van der Waals surface area contributed by atoms with Crippen molar-refractivity contribution < 1.29 is 24.1 Å². The molecule has 2 aromatic carbocycles. The molecule has 0 bridgehead atoms. The standard InChI is InChI=1S/C23H30N2O5/c26-23(27)25-9-3-6-21(22(25)29-15-12-24-10-13-28-14-11-24)30-17-18-7-8-19-4-1-2-5-20(19)16-18/h1-2,4-5,7-8,16,21-22H,3,6,9-15,17H2,(H,26,27). The predicted octanol–water partition coefficient (Wildman–Crippen LogP) is 3.17. The molecule has 4 rings (SSSR count). The zero-order valence-corrected chi connectivity index (χ0v) is 17.2. The summed E-state index contributed by atoms with van der Waals surface area (Å²) in [7, 11) is 0. The quantitative estimate of drug-likeness (QED) is 0.750. The molecule has 0 radical (unpaired) electrons. The fraction of sp³-hybridized carbons (Fsp3) is 0.522. The lowest BCUT2D eigenvalue weighted by molar-refractivity contribution is -0.159. The summed E-state index contributed by atoms with van der Waals surface area (Å²) in [5.74, 6) is 0. The Hall–Kier alpha value is -2.19. The molecular weight excluding hydrogens is 384 g/mol. The van der Waals surface area contributed by atoms with Crippen molar-refractivity contribution in [2.45, 2.75) is 31.8 Å². The molecule has 2 fully saturated rings. The molecule has 2 unspecified atom stereocenters. The SMILES string of the molecule is O=C(O)N1CCCC(OCc2ccc3ccccc3c2)C1OCCN1CCOCC1. The molecule has 2 heterocycles. The topological polar surface area (TPSA) is 71.5 Å². The maximum Gasteiger partial charge on any atom is 0.409 e. The largest absolute Gasteiger partial charge is 0.465 e. The fourth-order valence-corrected chi connectivity index (χ4v) is 4.16. The lowest BCUT2D eigenvalue weighted by Gasteiger charge is -2.39. The molecule has 2 aliphatic rings. The van der Waals surface area contributed by atoms with Gasteiger partial charge in [0.15, 0.2) is 6.23 Å². The lowest BCUT2D eigenvalue weighted by Crippen LogP contribution is -2.53. The Balaban J connectivity index is 1.37. The molecule has 30 heavy (non-hydrogen) atoms. The van der Waals surface area contributed by atoms with E-state index in [1.807, 2.05) is 12.1 Å². The van der Waals surface area contributed by atoms with E-state index in [1.165, 1.54) is 15.7 Å². The monoisotopic (exact) mass is 414 g/mol. The maximum atomic E-state index is 11.8. The Bertz CT molecular complexity index is 839. The van der Waals surface area contributed by atoms with Crippen molar-refractivity contribution in [3.05, 3.63) is 48.0 Å². The van der Waals surface area contributed by atoms with Crippen LogP contribution in [0.25, 0.3) is 10.8 Å². The van der Waals surface area contributed by atoms with Gasteiger partial charge in [-0.15, -0.1) is 0 Å². The molecule has 0 aliphatic carbocycles. The number of fused-ring (bicyclic) bond motifs is 1. The van der Waals surface area contributed by atoms with E-state index in [1.54, 1.807) is 0 Å². The number of benzene rings is 2. The van der Waals surface area contributed by atoms with Gasteiger partial charge in [0.1, 0.15) is 6.10 Å². The van der Waals surface area contributed by atoms with E-state index in [9.17, 15) is 9.90 Å². The van der Waals surface area contributed by atoms with E-state index in [0.717, 1.165) is 51.3 Å². The minimum absolute atomic E-state index is 0.272. The molecule has 0 aromatic heterocycles. The molecule has 162 valence electrons. The molecule has 7 heteroatoms. The first-order chi connectivity index (χ1) is 14.7. The van der Waals surface area contributed by atoms with Crippen molar-refractivity contribution in [2.75, 3.05) is 46.0 Å². The van der Waals surface area contributed by atoms with Gasteiger partial charge in [0, 0.05) is 26.2 Å². The Morgan fingerprint density at radius 3 is 2.67 bits per heavy atom. The first-order valence-corrected chi connectivity index (χ1v) is 10.7. The molecule has 1 N–H and O–H groups in total. The number of likely N-dealkylation sites (tertiary alicyclic amines) is 1. The molecule has 2 atom stereocenters. The van der Waals surface area contributed by atoms with Gasteiger partial charge in [-0.3, -0.25) is 9.80 Å². The summed E-state index contributed by atoms with van der Waals surface area (Å²) in [4.78, 5) is 15.4. The molecule has 1 amide bonds. The summed E-state index contributed by atoms with van der Waals surface area (Å²) in [5, 5.41) is 12.0. The third-order valence-electron chi connectivity index (χ3n) is 5.84. The minimum atomic E-state index is -0.953. The van der Waals surface area contributed by atoms with Crippen molar-refractivity contribution in [2.24, 2.45) is 0 Å². The molecular formula is C23H30N2O5. The number of ether oxygens (including phenoxy) is 3. The third kappa shape index (κ3) is 5.29. The van der Waals surface area contributed by atoms with Crippen molar-refractivity contribution in [1.82, 2.24) is 9.80 Å². The average Bonchev–Trinajstić information content (AvgIpc) is 2.78. The van der Waals surface area contributed by atoms with Gasteiger partial charge in [0.25, 0.3) is 0 Å². The van der Waals surface area contributed by atoms with Crippen LogP contribution in [-0.4, -0.2) is 79.3 Å². The zero-order chi connectivity index (χ0) is 20.8. The van der Waals surface area contributed by atoms with Gasteiger partial charge in [0.2, 0.25) is 0 Å². The zero-order valence-electron chi connectivity index (χ0n) is 17.2. The van der Waals surface area contributed by atoms with Crippen LogP contribution in [0, 0.1) is 0 Å². The van der Waals surface area contributed by atoms with Crippen LogP contribution in [0.1, 0.15) is 18.4 Å². The first-order valence-electron chi connectivity index (χ1n) is 10.7. The number of amides is 1. The van der Waals surface area contributed by atoms with Crippen LogP contribution in [-0.2, 0) is 20.8 Å². The van der Waals surface area contributed by atoms with Crippen LogP contribution in [0.4, 0.5) is 4.79 Å². The summed E-state index contributed by atoms with van der Waals surface area (Å²) in [6.07, 6.45) is -0.230. The number of nitrogens with zero attached hydrogens (tertiary/aromatic N) is 2. The van der Waals surface area contributed by atoms with Gasteiger partial charge in [-0.05, 0) is 35.2 Å². The van der Waals surface area contributed by atoms with Crippen LogP contribution in [0.3, 0.4) is 0 Å². The smallest absolute Gasteiger partial charge is 0.409 e. The molecule has 2 aromatic rings. The molecule has 2 saturated heterocycles. The Morgan fingerprint density at radius 1 is 1.07 bits per heavy atom. The van der Waals surface area contributed by atoms with Crippen LogP contribution >= 0.6 is 0 Å². The van der Waals surface area contributed by atoms with E-state index in [2.05, 4.69) is 35.2 Å². The summed E-state index contributed by atoms with van der Waals surface area (Å²) in [6, 6.07) is 14.5. The number of carbonyl (C=O) groups is 1. The third-order valence-corrected chi connectivity index (χ3v) is 5.84. The molecule has 2 aliphatic heterocycles. The van der Waals surface area contributed by atoms with Crippen LogP contribution in [0.5, 0.6) is 0 Å². The second kappa shape index (κ2) is 10.2. The second-order valence-electron chi connectivity index (χ2n) is 7.86. The number of piperidine rings is 1. The number of carboxylic acid groups (broad SMARTS) is 1. The molecule has 0 spiro atoms. The normalized spacial score (nSPS) is 23.0. The van der Waals surface area contributed by atoms with Crippen molar-refractivity contribution in [3.63, 3.8) is 0 Å². The highest BCUT2D eigenvalue weighted by Gasteiger charge is 2.36. The number of morpholine rings is 1. The lowest BCUT2D eigenvalue weighted by atomic mass is 10.1.